The van der Waals surface area contributed by atoms with Crippen LogP contribution in [0.15, 0.2) is 0 Å². The summed E-state index contributed by atoms with van der Waals surface area (Å²) in [6.07, 6.45) is 1.95. The van der Waals surface area contributed by atoms with E-state index in [1.54, 1.807) is 0 Å². The van der Waals surface area contributed by atoms with Gasteiger partial charge in [-0.2, -0.15) is 0 Å². The van der Waals surface area contributed by atoms with E-state index in [2.05, 4.69) is 0 Å². The third-order valence-electron chi connectivity index (χ3n) is 1.25. The molecule has 4 N–H and O–H groups in total. The molecule has 5 heteroatoms. The van der Waals surface area contributed by atoms with E-state index in [4.69, 9.17) is 16.6 Å². The van der Waals surface area contributed by atoms with Crippen molar-refractivity contribution in [2.75, 3.05) is 6.54 Å². The van der Waals surface area contributed by atoms with Crippen molar-refractivity contribution < 1.29 is 30.3 Å². The van der Waals surface area contributed by atoms with Gasteiger partial charge in [-0.15, -0.1) is 0 Å². The molecule has 0 heterocycles. The van der Waals surface area contributed by atoms with E-state index in [9.17, 15) is 4.79 Å². The Hall–Kier alpha value is 0.0523. The van der Waals surface area contributed by atoms with Crippen LogP contribution in [0.5, 0.6) is 0 Å². The van der Waals surface area contributed by atoms with Crippen LogP contribution < -0.4 is 5.73 Å². The molecule has 1 atom stereocenters. The molecule has 0 amide bonds. The molecule has 4 nitrogen and oxygen atoms in total. The van der Waals surface area contributed by atoms with Gasteiger partial charge in [0.25, 0.3) is 5.97 Å². The van der Waals surface area contributed by atoms with Gasteiger partial charge in [0.1, 0.15) is 0 Å². The predicted octanol–water partition coefficient (Wildman–Crippen LogP) is 0.618. The molecular weight excluding hydrogens is 318 g/mol. The Labute approximate surface area is 80.0 Å². The van der Waals surface area contributed by atoms with Crippen LogP contribution >= 0.6 is 0 Å². The Kier molecular flexibility index (Phi) is 10.1. The standard InChI is InChI=1S/C6H13N2O2.Re/c7-4-2-1-3-5(8)6(9)10;/h5,8H,1-4,7H2,(H,9,10);/q-1;/t5-;/m0./s1. The summed E-state index contributed by atoms with van der Waals surface area (Å²) in [6.45, 7) is 0.576. The van der Waals surface area contributed by atoms with Gasteiger partial charge >= 0.3 is 0 Å². The van der Waals surface area contributed by atoms with Gasteiger partial charge in [-0.1, -0.05) is 12.8 Å². The maximum absolute atomic E-state index is 10.1. The smallest absolute Gasteiger partial charge is 0.285 e. The maximum atomic E-state index is 10.1. The summed E-state index contributed by atoms with van der Waals surface area (Å²) in [7, 11) is 0. The van der Waals surface area contributed by atoms with E-state index in [-0.39, 0.29) is 20.4 Å². The van der Waals surface area contributed by atoms with Gasteiger partial charge in [0.2, 0.25) is 0 Å². The van der Waals surface area contributed by atoms with Gasteiger partial charge in [0.15, 0.2) is 0 Å². The van der Waals surface area contributed by atoms with Crippen LogP contribution in [0.4, 0.5) is 0 Å². The molecule has 0 aliphatic heterocycles. The number of rotatable bonds is 5. The quantitative estimate of drug-likeness (QED) is 0.724. The summed E-state index contributed by atoms with van der Waals surface area (Å²) < 4.78 is 0. The van der Waals surface area contributed by atoms with Crippen molar-refractivity contribution >= 4 is 5.97 Å². The third-order valence-corrected chi connectivity index (χ3v) is 1.25. The number of hydrogen-bond acceptors (Lipinski definition) is 2. The van der Waals surface area contributed by atoms with Gasteiger partial charge in [-0.25, -0.2) is 0 Å². The van der Waals surface area contributed by atoms with E-state index >= 15 is 0 Å². The van der Waals surface area contributed by atoms with Crippen molar-refractivity contribution in [3.8, 4) is 0 Å². The van der Waals surface area contributed by atoms with E-state index in [0.717, 1.165) is 12.8 Å². The first-order chi connectivity index (χ1) is 4.68. The zero-order chi connectivity index (χ0) is 7.98. The average Bonchev–Trinajstić information content (AvgIpc) is 1.88. The molecule has 0 saturated carbocycles. The molecule has 1 radical (unpaired) electrons. The van der Waals surface area contributed by atoms with Crippen molar-refractivity contribution in [2.45, 2.75) is 25.3 Å². The SMILES string of the molecule is [NH-][C@@H](CCCCN)C(=O)O.[Re]. The minimum atomic E-state index is -1.04. The molecular formula is C6H13N2O2Re-. The number of aliphatic carboxylic acids is 1. The topological polar surface area (TPSA) is 87.1 Å². The second kappa shape index (κ2) is 8.15. The van der Waals surface area contributed by atoms with Crippen LogP contribution in [0, 0.1) is 0 Å². The average molecular weight is 331 g/mol. The first-order valence-electron chi connectivity index (χ1n) is 3.32. The molecule has 0 aromatic rings. The van der Waals surface area contributed by atoms with E-state index < -0.39 is 12.0 Å². The second-order valence-corrected chi connectivity index (χ2v) is 2.18. The Bertz CT molecular complexity index is 111. The van der Waals surface area contributed by atoms with Crippen molar-refractivity contribution in [1.29, 1.82) is 0 Å². The van der Waals surface area contributed by atoms with Crippen LogP contribution in [-0.4, -0.2) is 23.7 Å². The normalized spacial score (nSPS) is 11.8. The van der Waals surface area contributed by atoms with Gasteiger partial charge in [-0.05, 0) is 19.0 Å². The molecule has 0 aromatic heterocycles. The van der Waals surface area contributed by atoms with Crippen LogP contribution in [0.25, 0.3) is 5.73 Å². The summed E-state index contributed by atoms with van der Waals surface area (Å²) in [4.78, 5) is 10.1. The van der Waals surface area contributed by atoms with Gasteiger partial charge < -0.3 is 16.6 Å². The number of carbonyl (C=O) groups is 1. The fourth-order valence-electron chi connectivity index (χ4n) is 0.616. The summed E-state index contributed by atoms with van der Waals surface area (Å²) >= 11 is 0. The van der Waals surface area contributed by atoms with Crippen molar-refractivity contribution in [2.24, 2.45) is 5.73 Å². The second-order valence-electron chi connectivity index (χ2n) is 2.18. The molecule has 0 saturated heterocycles. The molecule has 11 heavy (non-hydrogen) atoms. The number of carboxylic acid groups (broad SMARTS) is 1. The molecule has 0 bridgehead atoms. The zero-order valence-electron chi connectivity index (χ0n) is 6.22. The van der Waals surface area contributed by atoms with E-state index in [1.165, 1.54) is 0 Å². The Balaban J connectivity index is 0. The Morgan fingerprint density at radius 1 is 1.55 bits per heavy atom. The number of hydrogen-bond donors (Lipinski definition) is 2. The molecule has 0 unspecified atom stereocenters. The van der Waals surface area contributed by atoms with E-state index in [1.807, 2.05) is 0 Å². The summed E-state index contributed by atoms with van der Waals surface area (Å²) in [5.41, 5.74) is 12.1. The van der Waals surface area contributed by atoms with Crippen LogP contribution in [0.2, 0.25) is 0 Å². The first-order valence-corrected chi connectivity index (χ1v) is 3.32. The molecule has 0 rings (SSSR count). The number of nitrogens with two attached hydrogens (primary N) is 1. The van der Waals surface area contributed by atoms with Crippen molar-refractivity contribution in [3.05, 3.63) is 5.73 Å². The zero-order valence-corrected chi connectivity index (χ0v) is 8.93. The Morgan fingerprint density at radius 3 is 2.45 bits per heavy atom. The van der Waals surface area contributed by atoms with Gasteiger partial charge in [0.05, 0.1) is 0 Å². The van der Waals surface area contributed by atoms with Gasteiger partial charge in [0, 0.05) is 20.4 Å². The predicted molar refractivity (Wildman–Crippen MR) is 38.7 cm³/mol. The number of unbranched alkanes of at least 4 members (excludes halogenated alkanes) is 1. The molecule has 0 fully saturated rings. The Morgan fingerprint density at radius 2 is 2.09 bits per heavy atom. The van der Waals surface area contributed by atoms with Crippen LogP contribution in [-0.2, 0) is 25.2 Å². The molecule has 0 spiro atoms. The van der Waals surface area contributed by atoms with Crippen molar-refractivity contribution in [1.82, 2.24) is 0 Å². The number of carboxylic acids is 1. The fraction of sp³-hybridized carbons (Fsp3) is 0.833. The molecule has 0 aliphatic rings. The van der Waals surface area contributed by atoms with Crippen molar-refractivity contribution in [3.63, 3.8) is 0 Å². The fourth-order valence-corrected chi connectivity index (χ4v) is 0.616. The third kappa shape index (κ3) is 7.95. The largest absolute Gasteiger partial charge is 0.665 e. The minimum Gasteiger partial charge on any atom is -0.665 e. The van der Waals surface area contributed by atoms with E-state index in [0.29, 0.717) is 13.0 Å². The van der Waals surface area contributed by atoms with Crippen LogP contribution in [0.3, 0.4) is 0 Å². The molecule has 0 aromatic carbocycles. The summed E-state index contributed by atoms with van der Waals surface area (Å²) in [5.74, 6) is -1.04. The van der Waals surface area contributed by atoms with Gasteiger partial charge in [-0.3, -0.25) is 4.79 Å². The van der Waals surface area contributed by atoms with Crippen LogP contribution in [0.1, 0.15) is 19.3 Å². The summed E-state index contributed by atoms with van der Waals surface area (Å²) in [5, 5.41) is 8.26. The maximum Gasteiger partial charge on any atom is 0.285 e. The minimum absolute atomic E-state index is 0. The summed E-state index contributed by atoms with van der Waals surface area (Å²) in [6, 6.07) is -0.966. The molecule has 0 aliphatic carbocycles. The molecule has 67 valence electrons. The first kappa shape index (κ1) is 13.6. The monoisotopic (exact) mass is 332 g/mol. The number of nitrogens with one attached hydrogen (secondary N) is 1.